The summed E-state index contributed by atoms with van der Waals surface area (Å²) in [5.74, 6) is 0.868. The van der Waals surface area contributed by atoms with E-state index in [1.807, 2.05) is 6.07 Å². The van der Waals surface area contributed by atoms with E-state index in [1.54, 1.807) is 0 Å². The molecule has 1 aliphatic heterocycles. The molecule has 0 saturated carbocycles. The van der Waals surface area contributed by atoms with Gasteiger partial charge in [-0.3, -0.25) is 5.32 Å². The number of benzene rings is 7. The molecule has 6 heteroatoms. The molecule has 4 heterocycles. The highest BCUT2D eigenvalue weighted by atomic mass is 16.3. The minimum absolute atomic E-state index is 0.120. The van der Waals surface area contributed by atoms with E-state index in [-0.39, 0.29) is 12.3 Å². The van der Waals surface area contributed by atoms with Gasteiger partial charge in [-0.05, 0) is 65.9 Å². The van der Waals surface area contributed by atoms with Gasteiger partial charge in [0.2, 0.25) is 0 Å². The van der Waals surface area contributed by atoms with Crippen LogP contribution in [0.1, 0.15) is 36.3 Å². The molecular weight excluding hydrogens is 701 g/mol. The van der Waals surface area contributed by atoms with Crippen LogP contribution in [0.3, 0.4) is 0 Å². The highest BCUT2D eigenvalue weighted by molar-refractivity contribution is 6.19. The highest BCUT2D eigenvalue weighted by Gasteiger charge is 2.28. The molecule has 2 aliphatic rings. The Bertz CT molecular complexity index is 3320. The van der Waals surface area contributed by atoms with Crippen molar-refractivity contribution in [2.75, 3.05) is 0 Å². The van der Waals surface area contributed by atoms with Gasteiger partial charge in [0.15, 0.2) is 0 Å². The number of furan rings is 2. The van der Waals surface area contributed by atoms with Gasteiger partial charge < -0.3 is 18.7 Å². The van der Waals surface area contributed by atoms with Crippen LogP contribution in [-0.2, 0) is 0 Å². The van der Waals surface area contributed by atoms with E-state index in [1.165, 1.54) is 21.8 Å². The van der Waals surface area contributed by atoms with Crippen LogP contribution < -0.4 is 21.3 Å². The molecule has 0 spiro atoms. The summed E-state index contributed by atoms with van der Waals surface area (Å²) in [6.45, 7) is 0. The van der Waals surface area contributed by atoms with Crippen molar-refractivity contribution in [2.45, 2.75) is 25.2 Å². The molecule has 57 heavy (non-hydrogen) atoms. The van der Waals surface area contributed by atoms with E-state index in [0.717, 1.165) is 95.7 Å². The van der Waals surface area contributed by atoms with Crippen molar-refractivity contribution >= 4 is 72.2 Å². The summed E-state index contributed by atoms with van der Waals surface area (Å²) in [4.78, 5) is 5.31. The SMILES string of the molecule is C1=c2c(oc3c(-c4cccc5oc6ccc(-n7c8ccccc8c8ccccc87)cc6c45)cccc23)=C(C2=NC(c3ccccc3)NC(c3ccccc3)N2)CC1. The molecule has 0 fully saturated rings. The predicted octanol–water partition coefficient (Wildman–Crippen LogP) is 10.8. The Labute approximate surface area is 327 Å². The average molecular weight is 737 g/mol. The van der Waals surface area contributed by atoms with E-state index >= 15 is 0 Å². The van der Waals surface area contributed by atoms with E-state index < -0.39 is 0 Å². The number of para-hydroxylation sites is 3. The molecule has 10 aromatic rings. The number of hydrogen-bond acceptors (Lipinski definition) is 5. The zero-order valence-electron chi connectivity index (χ0n) is 30.9. The molecule has 2 unspecified atom stereocenters. The summed E-state index contributed by atoms with van der Waals surface area (Å²) in [6.07, 6.45) is 3.71. The van der Waals surface area contributed by atoms with Gasteiger partial charge in [-0.1, -0.05) is 133 Å². The van der Waals surface area contributed by atoms with E-state index in [2.05, 4.69) is 179 Å². The van der Waals surface area contributed by atoms with E-state index in [0.29, 0.717) is 0 Å². The number of aliphatic imine (C=N–C) groups is 1. The Balaban J connectivity index is 1.05. The fourth-order valence-corrected chi connectivity index (χ4v) is 9.19. The van der Waals surface area contributed by atoms with Gasteiger partial charge in [0.05, 0.1) is 11.0 Å². The maximum Gasteiger partial charge on any atom is 0.143 e. The monoisotopic (exact) mass is 736 g/mol. The summed E-state index contributed by atoms with van der Waals surface area (Å²) < 4.78 is 16.0. The molecule has 6 nitrogen and oxygen atoms in total. The number of nitrogens with one attached hydrogen (secondary N) is 2. The highest BCUT2D eigenvalue weighted by Crippen LogP contribution is 2.41. The Morgan fingerprint density at radius 2 is 1.26 bits per heavy atom. The summed E-state index contributed by atoms with van der Waals surface area (Å²) >= 11 is 0. The lowest BCUT2D eigenvalue weighted by atomic mass is 9.96. The van der Waals surface area contributed by atoms with E-state index in [4.69, 9.17) is 13.8 Å². The molecule has 272 valence electrons. The second-order valence-electron chi connectivity index (χ2n) is 15.0. The van der Waals surface area contributed by atoms with Crippen LogP contribution in [0.25, 0.3) is 83.2 Å². The van der Waals surface area contributed by atoms with Gasteiger partial charge in [0.25, 0.3) is 0 Å². The number of hydrogen-bond donors (Lipinski definition) is 2. The van der Waals surface area contributed by atoms with Crippen molar-refractivity contribution < 1.29 is 8.83 Å². The maximum absolute atomic E-state index is 7.10. The Kier molecular flexibility index (Phi) is 7.16. The molecule has 0 radical (unpaired) electrons. The first-order valence-electron chi connectivity index (χ1n) is 19.7. The molecule has 0 amide bonds. The van der Waals surface area contributed by atoms with Crippen LogP contribution in [-0.4, -0.2) is 10.4 Å². The third-order valence-corrected chi connectivity index (χ3v) is 11.8. The van der Waals surface area contributed by atoms with Crippen LogP contribution in [0, 0.1) is 0 Å². The first-order valence-corrected chi connectivity index (χ1v) is 19.7. The zero-order valence-corrected chi connectivity index (χ0v) is 30.9. The predicted molar refractivity (Wildman–Crippen MR) is 232 cm³/mol. The minimum Gasteiger partial charge on any atom is -0.456 e. The topological polar surface area (TPSA) is 67.6 Å². The summed E-state index contributed by atoms with van der Waals surface area (Å²) in [7, 11) is 0. The second-order valence-corrected chi connectivity index (χ2v) is 15.0. The van der Waals surface area contributed by atoms with Crippen molar-refractivity contribution in [2.24, 2.45) is 4.99 Å². The average Bonchev–Trinajstić information content (AvgIpc) is 3.96. The van der Waals surface area contributed by atoms with Crippen molar-refractivity contribution in [1.82, 2.24) is 15.2 Å². The lowest BCUT2D eigenvalue weighted by molar-refractivity contribution is 0.409. The first kappa shape index (κ1) is 32.1. The lowest BCUT2D eigenvalue weighted by Crippen LogP contribution is -2.46. The minimum atomic E-state index is -0.214. The smallest absolute Gasteiger partial charge is 0.143 e. The zero-order chi connectivity index (χ0) is 37.5. The Morgan fingerprint density at radius 3 is 2.05 bits per heavy atom. The van der Waals surface area contributed by atoms with Crippen molar-refractivity contribution in [1.29, 1.82) is 0 Å². The summed E-state index contributed by atoms with van der Waals surface area (Å²) in [5, 5.41) is 14.4. The van der Waals surface area contributed by atoms with Crippen LogP contribution in [0.15, 0.2) is 178 Å². The first-order chi connectivity index (χ1) is 28.3. The number of fused-ring (bicyclic) bond motifs is 9. The third kappa shape index (κ3) is 5.04. The molecule has 3 aromatic heterocycles. The number of aromatic nitrogens is 1. The Morgan fingerprint density at radius 1 is 0.579 bits per heavy atom. The normalized spacial score (nSPS) is 16.9. The molecule has 7 aromatic carbocycles. The van der Waals surface area contributed by atoms with Gasteiger partial charge in [-0.25, -0.2) is 4.99 Å². The van der Waals surface area contributed by atoms with Crippen molar-refractivity contribution in [3.8, 4) is 16.8 Å². The van der Waals surface area contributed by atoms with Gasteiger partial charge >= 0.3 is 0 Å². The molecular formula is C51H36N4O2. The van der Waals surface area contributed by atoms with Crippen LogP contribution in [0.2, 0.25) is 0 Å². The number of amidine groups is 1. The molecule has 0 saturated heterocycles. The van der Waals surface area contributed by atoms with Gasteiger partial charge in [0.1, 0.15) is 40.3 Å². The largest absolute Gasteiger partial charge is 0.456 e. The van der Waals surface area contributed by atoms with Gasteiger partial charge in [0, 0.05) is 49.0 Å². The Hall–Kier alpha value is -7.15. The van der Waals surface area contributed by atoms with Crippen LogP contribution in [0.5, 0.6) is 0 Å². The molecule has 12 rings (SSSR count). The van der Waals surface area contributed by atoms with Crippen LogP contribution >= 0.6 is 0 Å². The molecule has 0 bridgehead atoms. The quantitative estimate of drug-likeness (QED) is 0.185. The summed E-state index contributed by atoms with van der Waals surface area (Å²) in [6, 6.07) is 57.7. The summed E-state index contributed by atoms with van der Waals surface area (Å²) in [5.41, 5.74) is 12.4. The van der Waals surface area contributed by atoms with E-state index in [9.17, 15) is 0 Å². The van der Waals surface area contributed by atoms with Crippen molar-refractivity contribution in [3.05, 3.63) is 186 Å². The fourth-order valence-electron chi connectivity index (χ4n) is 9.19. The fraction of sp³-hybridized carbons (Fsp3) is 0.0784. The van der Waals surface area contributed by atoms with Crippen LogP contribution in [0.4, 0.5) is 0 Å². The third-order valence-electron chi connectivity index (χ3n) is 11.8. The molecule has 2 atom stereocenters. The lowest BCUT2D eigenvalue weighted by Gasteiger charge is -2.32. The standard InChI is InChI=1S/C51H36N4O2/c1-3-14-31(15-4-1)49-52-50(32-16-5-2-6-17-32)54-51(53-49)40-24-12-23-39-38-22-11-21-37(47(38)57-48(39)40)36-20-13-27-45-46(36)41-30-33(28-29-44(41)56-45)55-42-25-9-7-18-34(42)35-19-8-10-26-43(35)55/h1-11,13-23,25-30,49-50,52H,12,24H2,(H,53,54). The second kappa shape index (κ2) is 12.7. The number of rotatable bonds is 5. The molecule has 2 N–H and O–H groups in total. The van der Waals surface area contributed by atoms with Crippen molar-refractivity contribution in [3.63, 3.8) is 0 Å². The van der Waals surface area contributed by atoms with Gasteiger partial charge in [-0.15, -0.1) is 0 Å². The molecule has 1 aliphatic carbocycles. The maximum atomic E-state index is 7.10. The van der Waals surface area contributed by atoms with Gasteiger partial charge in [-0.2, -0.15) is 0 Å². The number of nitrogens with zero attached hydrogens (tertiary/aromatic N) is 2.